The van der Waals surface area contributed by atoms with Gasteiger partial charge in [0.1, 0.15) is 11.4 Å². The monoisotopic (exact) mass is 377 g/mol. The van der Waals surface area contributed by atoms with Crippen LogP contribution in [0.1, 0.15) is 58.4 Å². The Morgan fingerprint density at radius 2 is 1.85 bits per heavy atom. The summed E-state index contributed by atoms with van der Waals surface area (Å²) in [7, 11) is 1.60. The molecule has 1 heterocycles. The Hall–Kier alpha value is -2.24. The van der Waals surface area contributed by atoms with Crippen LogP contribution in [-0.4, -0.2) is 47.9 Å². The van der Waals surface area contributed by atoms with Crippen LogP contribution in [0.5, 0.6) is 5.75 Å². The lowest BCUT2D eigenvalue weighted by Crippen LogP contribution is -2.39. The Morgan fingerprint density at radius 3 is 2.33 bits per heavy atom. The summed E-state index contributed by atoms with van der Waals surface area (Å²) < 4.78 is 10.7. The molecule has 0 radical (unpaired) electrons. The average Bonchev–Trinajstić information content (AvgIpc) is 2.81. The van der Waals surface area contributed by atoms with Crippen molar-refractivity contribution >= 4 is 12.1 Å². The third-order valence-electron chi connectivity index (χ3n) is 5.41. The fourth-order valence-electron chi connectivity index (χ4n) is 3.84. The highest BCUT2D eigenvalue weighted by molar-refractivity contribution is 5.77. The predicted octanol–water partition coefficient (Wildman–Crippen LogP) is 4.29. The van der Waals surface area contributed by atoms with E-state index in [1.807, 2.05) is 52.0 Å². The van der Waals surface area contributed by atoms with Crippen LogP contribution in [0.15, 0.2) is 24.3 Å². The summed E-state index contributed by atoms with van der Waals surface area (Å²) in [5.74, 6) is -0.254. The number of methoxy groups -OCH3 is 1. The number of benzene rings is 1. The van der Waals surface area contributed by atoms with Gasteiger partial charge in [-0.05, 0) is 57.7 Å². The molecule has 1 aromatic carbocycles. The first-order valence-corrected chi connectivity index (χ1v) is 9.48. The van der Waals surface area contributed by atoms with Gasteiger partial charge in [0.25, 0.3) is 0 Å². The topological polar surface area (TPSA) is 76.1 Å². The van der Waals surface area contributed by atoms with E-state index in [-0.39, 0.29) is 12.0 Å². The van der Waals surface area contributed by atoms with E-state index in [1.54, 1.807) is 12.0 Å². The highest BCUT2D eigenvalue weighted by Crippen LogP contribution is 2.46. The van der Waals surface area contributed by atoms with Gasteiger partial charge in [0, 0.05) is 19.0 Å². The first-order valence-electron chi connectivity index (χ1n) is 9.48. The molecule has 1 amide bonds. The smallest absolute Gasteiger partial charge is 0.410 e. The largest absolute Gasteiger partial charge is 0.497 e. The van der Waals surface area contributed by atoms with Gasteiger partial charge in [-0.1, -0.05) is 19.1 Å². The zero-order valence-electron chi connectivity index (χ0n) is 16.9. The minimum Gasteiger partial charge on any atom is -0.497 e. The van der Waals surface area contributed by atoms with Crippen LogP contribution in [0.3, 0.4) is 0 Å². The Morgan fingerprint density at radius 1 is 1.22 bits per heavy atom. The van der Waals surface area contributed by atoms with E-state index >= 15 is 0 Å². The van der Waals surface area contributed by atoms with Crippen molar-refractivity contribution in [2.45, 2.75) is 58.5 Å². The molecular formula is C21H31NO5. The molecule has 0 aliphatic carbocycles. The van der Waals surface area contributed by atoms with Gasteiger partial charge in [0.15, 0.2) is 0 Å². The normalized spacial score (nSPS) is 23.4. The molecule has 1 fully saturated rings. The number of rotatable bonds is 4. The van der Waals surface area contributed by atoms with Crippen LogP contribution in [-0.2, 0) is 9.53 Å². The molecule has 150 valence electrons. The Bertz CT molecular complexity index is 664. The van der Waals surface area contributed by atoms with Crippen LogP contribution in [0.2, 0.25) is 0 Å². The summed E-state index contributed by atoms with van der Waals surface area (Å²) >= 11 is 0. The second-order valence-corrected chi connectivity index (χ2v) is 8.15. The van der Waals surface area contributed by atoms with Crippen LogP contribution in [0.4, 0.5) is 4.79 Å². The molecule has 6 nitrogen and oxygen atoms in total. The molecule has 0 aromatic heterocycles. The standard InChI is InChI=1S/C21H31NO5/c1-6-21(18(23)24)12-14-22(19(25)27-20(2,3)4)13-11-17(21)15-7-9-16(26-5)10-8-15/h7-10,17H,6,11-14H2,1-5H3,(H,23,24)/t17-,21+/m0/s1. The second-order valence-electron chi connectivity index (χ2n) is 8.15. The predicted molar refractivity (Wildman–Crippen MR) is 103 cm³/mol. The van der Waals surface area contributed by atoms with Gasteiger partial charge in [0.05, 0.1) is 12.5 Å². The Labute approximate surface area is 161 Å². The summed E-state index contributed by atoms with van der Waals surface area (Å²) in [6, 6.07) is 7.57. The lowest BCUT2D eigenvalue weighted by molar-refractivity contribution is -0.151. The first kappa shape index (κ1) is 21.1. The number of nitrogens with zero attached hydrogens (tertiary/aromatic N) is 1. The van der Waals surface area contributed by atoms with E-state index in [4.69, 9.17) is 9.47 Å². The maximum absolute atomic E-state index is 12.5. The van der Waals surface area contributed by atoms with Gasteiger partial charge in [-0.15, -0.1) is 0 Å². The van der Waals surface area contributed by atoms with Crippen molar-refractivity contribution in [1.29, 1.82) is 0 Å². The number of carboxylic acids is 1. The van der Waals surface area contributed by atoms with E-state index in [0.29, 0.717) is 32.4 Å². The van der Waals surface area contributed by atoms with Crippen LogP contribution >= 0.6 is 0 Å². The molecular weight excluding hydrogens is 346 g/mol. The molecule has 1 aromatic rings. The number of aliphatic carboxylic acids is 1. The van der Waals surface area contributed by atoms with E-state index < -0.39 is 17.0 Å². The molecule has 1 aliphatic rings. The fourth-order valence-corrected chi connectivity index (χ4v) is 3.84. The molecule has 2 atom stereocenters. The number of amides is 1. The highest BCUT2D eigenvalue weighted by Gasteiger charge is 2.47. The van der Waals surface area contributed by atoms with E-state index in [2.05, 4.69) is 0 Å². The second kappa shape index (κ2) is 8.19. The molecule has 1 N–H and O–H groups in total. The molecule has 2 rings (SSSR count). The average molecular weight is 377 g/mol. The van der Waals surface area contributed by atoms with Crippen molar-refractivity contribution in [3.63, 3.8) is 0 Å². The molecule has 27 heavy (non-hydrogen) atoms. The molecule has 0 bridgehead atoms. The number of likely N-dealkylation sites (tertiary alicyclic amines) is 1. The lowest BCUT2D eigenvalue weighted by Gasteiger charge is -2.35. The number of hydrogen-bond donors (Lipinski definition) is 1. The Kier molecular flexibility index (Phi) is 6.39. The SMILES string of the molecule is CC[C@@]1(C(=O)O)CCN(C(=O)OC(C)(C)C)CC[C@H]1c1ccc(OC)cc1. The van der Waals surface area contributed by atoms with Crippen molar-refractivity contribution in [2.24, 2.45) is 5.41 Å². The summed E-state index contributed by atoms with van der Waals surface area (Å²) in [4.78, 5) is 26.5. The van der Waals surface area contributed by atoms with Gasteiger partial charge in [0.2, 0.25) is 0 Å². The number of carbonyl (C=O) groups is 2. The van der Waals surface area contributed by atoms with Crippen molar-refractivity contribution in [2.75, 3.05) is 20.2 Å². The van der Waals surface area contributed by atoms with Crippen molar-refractivity contribution in [1.82, 2.24) is 4.90 Å². The van der Waals surface area contributed by atoms with Gasteiger partial charge < -0.3 is 19.5 Å². The van der Waals surface area contributed by atoms with Crippen LogP contribution in [0, 0.1) is 5.41 Å². The van der Waals surface area contributed by atoms with Crippen molar-refractivity contribution in [3.05, 3.63) is 29.8 Å². The highest BCUT2D eigenvalue weighted by atomic mass is 16.6. The van der Waals surface area contributed by atoms with Crippen molar-refractivity contribution < 1.29 is 24.2 Å². The molecule has 6 heteroatoms. The number of ether oxygens (including phenoxy) is 2. The zero-order chi connectivity index (χ0) is 20.2. The quantitative estimate of drug-likeness (QED) is 0.847. The summed E-state index contributed by atoms with van der Waals surface area (Å²) in [6.07, 6.45) is 1.09. The maximum atomic E-state index is 12.5. The zero-order valence-corrected chi connectivity index (χ0v) is 16.9. The van der Waals surface area contributed by atoms with Gasteiger partial charge in [-0.25, -0.2) is 4.79 Å². The van der Waals surface area contributed by atoms with Gasteiger partial charge in [-0.2, -0.15) is 0 Å². The third kappa shape index (κ3) is 4.73. The van der Waals surface area contributed by atoms with E-state index in [9.17, 15) is 14.7 Å². The van der Waals surface area contributed by atoms with Gasteiger partial charge >= 0.3 is 12.1 Å². The van der Waals surface area contributed by atoms with Crippen LogP contribution in [0.25, 0.3) is 0 Å². The van der Waals surface area contributed by atoms with Crippen molar-refractivity contribution in [3.8, 4) is 5.75 Å². The third-order valence-corrected chi connectivity index (χ3v) is 5.41. The molecule has 0 unspecified atom stereocenters. The first-order chi connectivity index (χ1) is 12.6. The fraction of sp³-hybridized carbons (Fsp3) is 0.619. The minimum absolute atomic E-state index is 0.182. The number of carbonyl (C=O) groups excluding carboxylic acids is 1. The van der Waals surface area contributed by atoms with Crippen LogP contribution < -0.4 is 4.74 Å². The lowest BCUT2D eigenvalue weighted by atomic mass is 9.67. The van der Waals surface area contributed by atoms with E-state index in [1.165, 1.54) is 0 Å². The van der Waals surface area contributed by atoms with Gasteiger partial charge in [-0.3, -0.25) is 4.79 Å². The summed E-state index contributed by atoms with van der Waals surface area (Å²) in [5, 5.41) is 10.1. The maximum Gasteiger partial charge on any atom is 0.410 e. The summed E-state index contributed by atoms with van der Waals surface area (Å²) in [6.45, 7) is 8.25. The molecule has 1 aliphatic heterocycles. The molecule has 0 spiro atoms. The van der Waals surface area contributed by atoms with E-state index in [0.717, 1.165) is 11.3 Å². The summed E-state index contributed by atoms with van der Waals surface area (Å²) in [5.41, 5.74) is -0.523. The Balaban J connectivity index is 2.32. The molecule has 1 saturated heterocycles. The minimum atomic E-state index is -0.911. The number of hydrogen-bond acceptors (Lipinski definition) is 4. The number of carboxylic acid groups (broad SMARTS) is 1. The molecule has 0 saturated carbocycles.